The van der Waals surface area contributed by atoms with Gasteiger partial charge in [0.2, 0.25) is 4.96 Å². The van der Waals surface area contributed by atoms with Gasteiger partial charge in [-0.05, 0) is 17.7 Å². The summed E-state index contributed by atoms with van der Waals surface area (Å²) in [5.74, 6) is 0. The first-order valence-corrected chi connectivity index (χ1v) is 7.55. The van der Waals surface area contributed by atoms with Crippen molar-refractivity contribution < 1.29 is 0 Å². The summed E-state index contributed by atoms with van der Waals surface area (Å²) in [4.78, 5) is 9.87. The standard InChI is InChI=1S/C16H12N4S/c1-2-5-12(6-3-1)9-14-15(13-7-4-8-17-10-13)20-16(19-14)21-11-18-20/h1-8,10-11H,9H2. The van der Waals surface area contributed by atoms with Crippen molar-refractivity contribution >= 4 is 16.3 Å². The molecule has 21 heavy (non-hydrogen) atoms. The van der Waals surface area contributed by atoms with Crippen LogP contribution in [0.4, 0.5) is 0 Å². The maximum atomic E-state index is 4.74. The molecule has 3 heterocycles. The second-order valence-electron chi connectivity index (χ2n) is 4.74. The molecule has 0 saturated heterocycles. The molecule has 0 unspecified atom stereocenters. The zero-order valence-corrected chi connectivity index (χ0v) is 12.0. The van der Waals surface area contributed by atoms with Crippen LogP contribution in [-0.2, 0) is 6.42 Å². The number of hydrogen-bond acceptors (Lipinski definition) is 4. The highest BCUT2D eigenvalue weighted by atomic mass is 32.1. The van der Waals surface area contributed by atoms with Crippen LogP contribution in [0.3, 0.4) is 0 Å². The molecule has 0 fully saturated rings. The molecule has 0 saturated carbocycles. The molecule has 0 amide bonds. The minimum atomic E-state index is 0.793. The van der Waals surface area contributed by atoms with E-state index in [1.807, 2.05) is 34.4 Å². The average Bonchev–Trinajstić information content (AvgIpc) is 3.09. The molecule has 0 atom stereocenters. The highest BCUT2D eigenvalue weighted by molar-refractivity contribution is 7.14. The maximum Gasteiger partial charge on any atom is 0.212 e. The molecule has 3 aromatic heterocycles. The minimum Gasteiger partial charge on any atom is -0.264 e. The summed E-state index contributed by atoms with van der Waals surface area (Å²) in [6.45, 7) is 0. The molecule has 0 bridgehead atoms. The van der Waals surface area contributed by atoms with Crippen LogP contribution in [0.15, 0.2) is 60.4 Å². The molecule has 0 spiro atoms. The van der Waals surface area contributed by atoms with Crippen LogP contribution in [0.2, 0.25) is 0 Å². The number of imidazole rings is 1. The van der Waals surface area contributed by atoms with Gasteiger partial charge in [-0.3, -0.25) is 4.98 Å². The van der Waals surface area contributed by atoms with Crippen molar-refractivity contribution in [1.29, 1.82) is 0 Å². The van der Waals surface area contributed by atoms with Gasteiger partial charge in [0.05, 0.1) is 11.4 Å². The number of benzene rings is 1. The Labute approximate surface area is 125 Å². The van der Waals surface area contributed by atoms with Crippen LogP contribution in [0.5, 0.6) is 0 Å². The Morgan fingerprint density at radius 2 is 1.95 bits per heavy atom. The van der Waals surface area contributed by atoms with Gasteiger partial charge in [0.25, 0.3) is 0 Å². The number of pyridine rings is 1. The normalized spacial score (nSPS) is 11.0. The third-order valence-corrected chi connectivity index (χ3v) is 4.04. The van der Waals surface area contributed by atoms with Crippen molar-refractivity contribution in [1.82, 2.24) is 19.6 Å². The molecular formula is C16H12N4S. The van der Waals surface area contributed by atoms with Gasteiger partial charge in [0, 0.05) is 24.4 Å². The molecular weight excluding hydrogens is 280 g/mol. The second-order valence-corrected chi connectivity index (χ2v) is 5.56. The zero-order valence-electron chi connectivity index (χ0n) is 11.2. The van der Waals surface area contributed by atoms with E-state index in [-0.39, 0.29) is 0 Å². The van der Waals surface area contributed by atoms with Crippen molar-refractivity contribution in [3.05, 3.63) is 71.6 Å². The Balaban J connectivity index is 1.87. The lowest BCUT2D eigenvalue weighted by Gasteiger charge is -2.03. The van der Waals surface area contributed by atoms with E-state index >= 15 is 0 Å². The Morgan fingerprint density at radius 1 is 1.05 bits per heavy atom. The molecule has 0 aliphatic carbocycles. The molecule has 0 N–H and O–H groups in total. The maximum absolute atomic E-state index is 4.74. The van der Waals surface area contributed by atoms with E-state index in [0.717, 1.165) is 28.3 Å². The summed E-state index contributed by atoms with van der Waals surface area (Å²) < 4.78 is 1.90. The van der Waals surface area contributed by atoms with E-state index < -0.39 is 0 Å². The number of aromatic nitrogens is 4. The van der Waals surface area contributed by atoms with E-state index in [1.165, 1.54) is 5.56 Å². The van der Waals surface area contributed by atoms with Crippen molar-refractivity contribution in [3.63, 3.8) is 0 Å². The second kappa shape index (κ2) is 5.10. The Morgan fingerprint density at radius 3 is 2.76 bits per heavy atom. The van der Waals surface area contributed by atoms with Crippen molar-refractivity contribution in [2.45, 2.75) is 6.42 Å². The fourth-order valence-corrected chi connectivity index (χ4v) is 3.08. The highest BCUT2D eigenvalue weighted by Gasteiger charge is 2.16. The third kappa shape index (κ3) is 2.21. The molecule has 4 nitrogen and oxygen atoms in total. The van der Waals surface area contributed by atoms with Crippen molar-refractivity contribution in [2.75, 3.05) is 0 Å². The third-order valence-electron chi connectivity index (χ3n) is 3.37. The van der Waals surface area contributed by atoms with Gasteiger partial charge in [-0.2, -0.15) is 5.10 Å². The largest absolute Gasteiger partial charge is 0.264 e. The lowest BCUT2D eigenvalue weighted by molar-refractivity contribution is 0.973. The summed E-state index contributed by atoms with van der Waals surface area (Å²) in [5, 5.41) is 4.40. The topological polar surface area (TPSA) is 43.1 Å². The summed E-state index contributed by atoms with van der Waals surface area (Å²) >= 11 is 1.55. The lowest BCUT2D eigenvalue weighted by atomic mass is 10.1. The van der Waals surface area contributed by atoms with Gasteiger partial charge < -0.3 is 0 Å². The fourth-order valence-electron chi connectivity index (χ4n) is 2.44. The molecule has 4 rings (SSSR count). The molecule has 1 aromatic carbocycles. The Hall–Kier alpha value is -2.53. The Kier molecular flexibility index (Phi) is 2.97. The molecule has 0 aliphatic heterocycles. The smallest absolute Gasteiger partial charge is 0.212 e. The SMILES string of the molecule is c1ccc(Cc2nc3scnn3c2-c2cccnc2)cc1. The van der Waals surface area contributed by atoms with Crippen LogP contribution in [-0.4, -0.2) is 19.6 Å². The van der Waals surface area contributed by atoms with E-state index in [0.29, 0.717) is 0 Å². The van der Waals surface area contributed by atoms with Crippen molar-refractivity contribution in [2.24, 2.45) is 0 Å². The Bertz CT molecular complexity index is 865. The summed E-state index contributed by atoms with van der Waals surface area (Å²) in [6, 6.07) is 14.4. The number of hydrogen-bond donors (Lipinski definition) is 0. The first-order chi connectivity index (χ1) is 10.4. The van der Waals surface area contributed by atoms with Gasteiger partial charge >= 0.3 is 0 Å². The van der Waals surface area contributed by atoms with Crippen LogP contribution in [0.25, 0.3) is 16.2 Å². The quantitative estimate of drug-likeness (QED) is 0.581. The highest BCUT2D eigenvalue weighted by Crippen LogP contribution is 2.27. The molecule has 5 heteroatoms. The van der Waals surface area contributed by atoms with Crippen LogP contribution in [0.1, 0.15) is 11.3 Å². The predicted octanol–water partition coefficient (Wildman–Crippen LogP) is 3.44. The monoisotopic (exact) mass is 292 g/mol. The van der Waals surface area contributed by atoms with Crippen molar-refractivity contribution in [3.8, 4) is 11.3 Å². The number of fused-ring (bicyclic) bond motifs is 1. The zero-order chi connectivity index (χ0) is 14.1. The average molecular weight is 292 g/mol. The van der Waals surface area contributed by atoms with Crippen LogP contribution >= 0.6 is 11.3 Å². The molecule has 0 aliphatic rings. The first kappa shape index (κ1) is 12.2. The number of nitrogens with zero attached hydrogens (tertiary/aromatic N) is 4. The summed E-state index contributed by atoms with van der Waals surface area (Å²) in [7, 11) is 0. The molecule has 4 aromatic rings. The fraction of sp³-hybridized carbons (Fsp3) is 0.0625. The van der Waals surface area contributed by atoms with Crippen LogP contribution in [0, 0.1) is 0 Å². The minimum absolute atomic E-state index is 0.793. The predicted molar refractivity (Wildman–Crippen MR) is 83.3 cm³/mol. The lowest BCUT2D eigenvalue weighted by Crippen LogP contribution is -1.95. The summed E-state index contributed by atoms with van der Waals surface area (Å²) in [6.07, 6.45) is 4.43. The first-order valence-electron chi connectivity index (χ1n) is 6.67. The number of rotatable bonds is 3. The van der Waals surface area contributed by atoms with Gasteiger partial charge in [0.1, 0.15) is 5.51 Å². The van der Waals surface area contributed by atoms with Gasteiger partial charge in [-0.15, -0.1) is 0 Å². The van der Waals surface area contributed by atoms with E-state index in [4.69, 9.17) is 4.98 Å². The van der Waals surface area contributed by atoms with E-state index in [1.54, 1.807) is 17.5 Å². The van der Waals surface area contributed by atoms with Gasteiger partial charge in [-0.25, -0.2) is 9.50 Å². The van der Waals surface area contributed by atoms with E-state index in [2.05, 4.69) is 34.3 Å². The molecule has 0 radical (unpaired) electrons. The van der Waals surface area contributed by atoms with Crippen LogP contribution < -0.4 is 0 Å². The van der Waals surface area contributed by atoms with Gasteiger partial charge in [0.15, 0.2) is 0 Å². The van der Waals surface area contributed by atoms with E-state index in [9.17, 15) is 0 Å². The molecule has 102 valence electrons. The summed E-state index contributed by atoms with van der Waals surface area (Å²) in [5.41, 5.74) is 6.17. The van der Waals surface area contributed by atoms with Gasteiger partial charge in [-0.1, -0.05) is 41.7 Å².